The van der Waals surface area contributed by atoms with Crippen LogP contribution in [0.15, 0.2) is 0 Å². The third-order valence-corrected chi connectivity index (χ3v) is 8.47. The first-order valence-corrected chi connectivity index (χ1v) is 11.9. The zero-order chi connectivity index (χ0) is 20.3. The van der Waals surface area contributed by atoms with Gasteiger partial charge >= 0.3 is 0 Å². The Labute approximate surface area is 167 Å². The SMILES string of the molecule is CCC(C(C)C)C1C(C)C(C)C(C(C)C(C)C)C(C(C)C)C1CC(C)C. The van der Waals surface area contributed by atoms with Crippen LogP contribution in [0.25, 0.3) is 0 Å². The molecule has 8 unspecified atom stereocenters. The van der Waals surface area contributed by atoms with E-state index < -0.39 is 0 Å². The molecule has 1 rings (SSSR count). The lowest BCUT2D eigenvalue weighted by atomic mass is 9.48. The van der Waals surface area contributed by atoms with Gasteiger partial charge in [-0.1, -0.05) is 89.5 Å². The first-order chi connectivity index (χ1) is 11.9. The highest BCUT2D eigenvalue weighted by atomic mass is 14.6. The van der Waals surface area contributed by atoms with Crippen LogP contribution in [0, 0.1) is 71.0 Å². The van der Waals surface area contributed by atoms with Crippen LogP contribution in [0.1, 0.15) is 95.9 Å². The summed E-state index contributed by atoms with van der Waals surface area (Å²) in [4.78, 5) is 0. The van der Waals surface area contributed by atoms with Gasteiger partial charge in [0.25, 0.3) is 0 Å². The van der Waals surface area contributed by atoms with E-state index in [1.807, 2.05) is 0 Å². The molecule has 8 atom stereocenters. The van der Waals surface area contributed by atoms with E-state index >= 15 is 0 Å². The van der Waals surface area contributed by atoms with E-state index in [1.165, 1.54) is 12.8 Å². The second-order valence-corrected chi connectivity index (χ2v) is 11.4. The zero-order valence-electron chi connectivity index (χ0n) is 20.3. The molecule has 0 spiro atoms. The summed E-state index contributed by atoms with van der Waals surface area (Å²) in [6, 6.07) is 0. The van der Waals surface area contributed by atoms with Gasteiger partial charge in [-0.05, 0) is 77.4 Å². The van der Waals surface area contributed by atoms with Crippen molar-refractivity contribution in [3.63, 3.8) is 0 Å². The maximum Gasteiger partial charge on any atom is -0.0324 e. The molecule has 0 aromatic rings. The summed E-state index contributed by atoms with van der Waals surface area (Å²) in [5, 5.41) is 0. The predicted molar refractivity (Wildman–Crippen MR) is 119 cm³/mol. The standard InChI is InChI=1S/C26H52/c1-13-22(17(6)7)26-21(12)20(11)25(19(10)16(4)5)24(18(8)9)23(26)14-15(2)3/h15-26H,13-14H2,1-12H3. The molecule has 1 saturated carbocycles. The molecule has 1 aliphatic carbocycles. The number of rotatable bonds is 8. The van der Waals surface area contributed by atoms with Crippen molar-refractivity contribution in [2.24, 2.45) is 71.0 Å². The fourth-order valence-corrected chi connectivity index (χ4v) is 6.95. The average Bonchev–Trinajstić information content (AvgIpc) is 2.51. The van der Waals surface area contributed by atoms with Crippen molar-refractivity contribution in [2.75, 3.05) is 0 Å². The Morgan fingerprint density at radius 3 is 1.50 bits per heavy atom. The molecule has 0 bridgehead atoms. The average molecular weight is 365 g/mol. The summed E-state index contributed by atoms with van der Waals surface area (Å²) in [6.45, 7) is 30.0. The second-order valence-electron chi connectivity index (χ2n) is 11.4. The Morgan fingerprint density at radius 1 is 0.654 bits per heavy atom. The summed E-state index contributed by atoms with van der Waals surface area (Å²) in [7, 11) is 0. The van der Waals surface area contributed by atoms with Crippen LogP contribution >= 0.6 is 0 Å². The predicted octanol–water partition coefficient (Wildman–Crippen LogP) is 8.41. The van der Waals surface area contributed by atoms with E-state index in [-0.39, 0.29) is 0 Å². The quantitative estimate of drug-likeness (QED) is 0.405. The fourth-order valence-electron chi connectivity index (χ4n) is 6.95. The van der Waals surface area contributed by atoms with Gasteiger partial charge in [0.15, 0.2) is 0 Å². The Balaban J connectivity index is 3.45. The largest absolute Gasteiger partial charge is 0.0651 e. The summed E-state index contributed by atoms with van der Waals surface area (Å²) in [6.07, 6.45) is 2.78. The van der Waals surface area contributed by atoms with E-state index in [9.17, 15) is 0 Å². The molecule has 0 aromatic carbocycles. The van der Waals surface area contributed by atoms with Crippen LogP contribution in [-0.4, -0.2) is 0 Å². The van der Waals surface area contributed by atoms with Crippen LogP contribution in [0.4, 0.5) is 0 Å². The first-order valence-electron chi connectivity index (χ1n) is 11.9. The highest BCUT2D eigenvalue weighted by Gasteiger charge is 2.51. The van der Waals surface area contributed by atoms with Crippen LogP contribution in [0.5, 0.6) is 0 Å². The Hall–Kier alpha value is 0. The first kappa shape index (κ1) is 24.0. The summed E-state index contributed by atoms with van der Waals surface area (Å²) >= 11 is 0. The minimum atomic E-state index is 0.791. The summed E-state index contributed by atoms with van der Waals surface area (Å²) < 4.78 is 0. The van der Waals surface area contributed by atoms with Crippen molar-refractivity contribution in [1.82, 2.24) is 0 Å². The van der Waals surface area contributed by atoms with Gasteiger partial charge < -0.3 is 0 Å². The van der Waals surface area contributed by atoms with Gasteiger partial charge in [-0.15, -0.1) is 0 Å². The molecular weight excluding hydrogens is 312 g/mol. The van der Waals surface area contributed by atoms with Crippen molar-refractivity contribution in [2.45, 2.75) is 95.9 Å². The molecule has 0 N–H and O–H groups in total. The molecule has 0 nitrogen and oxygen atoms in total. The topological polar surface area (TPSA) is 0 Å². The van der Waals surface area contributed by atoms with Crippen molar-refractivity contribution >= 4 is 0 Å². The molecule has 0 radical (unpaired) electrons. The highest BCUT2D eigenvalue weighted by molar-refractivity contribution is 4.99. The monoisotopic (exact) mass is 364 g/mol. The smallest absolute Gasteiger partial charge is 0.0324 e. The minimum absolute atomic E-state index is 0.791. The molecule has 0 heteroatoms. The maximum absolute atomic E-state index is 2.62. The second kappa shape index (κ2) is 9.97. The van der Waals surface area contributed by atoms with Gasteiger partial charge in [0, 0.05) is 0 Å². The third-order valence-electron chi connectivity index (χ3n) is 8.47. The van der Waals surface area contributed by atoms with Gasteiger partial charge in [0.2, 0.25) is 0 Å². The van der Waals surface area contributed by atoms with Gasteiger partial charge in [-0.2, -0.15) is 0 Å². The lowest BCUT2D eigenvalue weighted by Gasteiger charge is -2.57. The lowest BCUT2D eigenvalue weighted by Crippen LogP contribution is -2.52. The van der Waals surface area contributed by atoms with E-state index in [2.05, 4.69) is 83.1 Å². The van der Waals surface area contributed by atoms with Crippen LogP contribution in [-0.2, 0) is 0 Å². The van der Waals surface area contributed by atoms with Gasteiger partial charge in [-0.25, -0.2) is 0 Å². The zero-order valence-corrected chi connectivity index (χ0v) is 20.3. The Kier molecular flexibility index (Phi) is 9.22. The molecule has 0 saturated heterocycles. The van der Waals surface area contributed by atoms with Crippen molar-refractivity contribution < 1.29 is 0 Å². The molecule has 0 amide bonds. The van der Waals surface area contributed by atoms with Crippen molar-refractivity contribution in [3.8, 4) is 0 Å². The number of hydrogen-bond acceptors (Lipinski definition) is 0. The van der Waals surface area contributed by atoms with Crippen LogP contribution in [0.2, 0.25) is 0 Å². The van der Waals surface area contributed by atoms with E-state index in [4.69, 9.17) is 0 Å². The molecular formula is C26H52. The van der Waals surface area contributed by atoms with Crippen LogP contribution < -0.4 is 0 Å². The van der Waals surface area contributed by atoms with E-state index in [0.29, 0.717) is 0 Å². The maximum atomic E-state index is 2.62. The van der Waals surface area contributed by atoms with Crippen molar-refractivity contribution in [1.29, 1.82) is 0 Å². The van der Waals surface area contributed by atoms with Gasteiger partial charge in [0.1, 0.15) is 0 Å². The molecule has 1 aliphatic rings. The Morgan fingerprint density at radius 2 is 1.15 bits per heavy atom. The van der Waals surface area contributed by atoms with Crippen LogP contribution in [0.3, 0.4) is 0 Å². The third kappa shape index (κ3) is 5.08. The summed E-state index contributed by atoms with van der Waals surface area (Å²) in [5.74, 6) is 10.2. The molecule has 0 aromatic heterocycles. The highest BCUT2D eigenvalue weighted by Crippen LogP contribution is 2.57. The normalized spacial score (nSPS) is 35.5. The summed E-state index contributed by atoms with van der Waals surface area (Å²) in [5.41, 5.74) is 0. The van der Waals surface area contributed by atoms with Crippen molar-refractivity contribution in [3.05, 3.63) is 0 Å². The number of hydrogen-bond donors (Lipinski definition) is 0. The molecule has 26 heavy (non-hydrogen) atoms. The van der Waals surface area contributed by atoms with E-state index in [0.717, 1.165) is 71.0 Å². The molecule has 1 fully saturated rings. The molecule has 156 valence electrons. The Bertz CT molecular complexity index is 391. The van der Waals surface area contributed by atoms with Gasteiger partial charge in [0.05, 0.1) is 0 Å². The molecule has 0 heterocycles. The molecule has 0 aliphatic heterocycles. The van der Waals surface area contributed by atoms with E-state index in [1.54, 1.807) is 0 Å². The van der Waals surface area contributed by atoms with Gasteiger partial charge in [-0.3, -0.25) is 0 Å². The lowest BCUT2D eigenvalue weighted by molar-refractivity contribution is -0.0933. The fraction of sp³-hybridized carbons (Fsp3) is 1.00. The minimum Gasteiger partial charge on any atom is -0.0651 e.